The first-order chi connectivity index (χ1) is 8.74. The lowest BCUT2D eigenvalue weighted by Crippen LogP contribution is -2.36. The van der Waals surface area contributed by atoms with Crippen LogP contribution in [0.2, 0.25) is 0 Å². The summed E-state index contributed by atoms with van der Waals surface area (Å²) in [6.07, 6.45) is 2.47. The quantitative estimate of drug-likeness (QED) is 0.833. The molecule has 100 valence electrons. The fraction of sp³-hybridized carbons (Fsp3) is 0.571. The molecule has 4 heteroatoms. The lowest BCUT2D eigenvalue weighted by molar-refractivity contribution is 0.239. The number of rotatable bonds is 5. The molecule has 1 aromatic carbocycles. The predicted molar refractivity (Wildman–Crippen MR) is 72.0 cm³/mol. The Balaban J connectivity index is 2.04. The van der Waals surface area contributed by atoms with Crippen LogP contribution >= 0.6 is 0 Å². The molecule has 1 saturated heterocycles. The van der Waals surface area contributed by atoms with Crippen molar-refractivity contribution in [1.82, 2.24) is 10.2 Å². The number of hydrogen-bond donors (Lipinski definition) is 2. The minimum Gasteiger partial charge on any atom is -0.507 e. The van der Waals surface area contributed by atoms with Crippen LogP contribution < -0.4 is 10.1 Å². The smallest absolute Gasteiger partial charge is 0.123 e. The Morgan fingerprint density at radius 2 is 2.33 bits per heavy atom. The molecule has 4 nitrogen and oxygen atoms in total. The van der Waals surface area contributed by atoms with Gasteiger partial charge in [0, 0.05) is 30.8 Å². The van der Waals surface area contributed by atoms with Crippen LogP contribution in [0.25, 0.3) is 0 Å². The monoisotopic (exact) mass is 250 g/mol. The Morgan fingerprint density at radius 3 is 3.00 bits per heavy atom. The fourth-order valence-corrected chi connectivity index (χ4v) is 2.59. The molecule has 0 amide bonds. The Kier molecular flexibility index (Phi) is 4.44. The van der Waals surface area contributed by atoms with E-state index < -0.39 is 0 Å². The summed E-state index contributed by atoms with van der Waals surface area (Å²) in [7, 11) is 3.60. The normalized spacial score (nSPS) is 20.2. The van der Waals surface area contributed by atoms with Crippen molar-refractivity contribution in [3.63, 3.8) is 0 Å². The number of methoxy groups -OCH3 is 1. The molecule has 1 unspecified atom stereocenters. The molecule has 0 spiro atoms. The van der Waals surface area contributed by atoms with E-state index in [2.05, 4.69) is 10.2 Å². The van der Waals surface area contributed by atoms with Crippen molar-refractivity contribution in [3.8, 4) is 11.5 Å². The first kappa shape index (κ1) is 13.2. The lowest BCUT2D eigenvalue weighted by atomic mass is 10.1. The van der Waals surface area contributed by atoms with Crippen LogP contribution in [0.1, 0.15) is 18.4 Å². The molecule has 2 rings (SSSR count). The highest BCUT2D eigenvalue weighted by Gasteiger charge is 2.24. The molecule has 2 N–H and O–H groups in total. The zero-order valence-corrected chi connectivity index (χ0v) is 11.1. The van der Waals surface area contributed by atoms with Crippen LogP contribution in [0.3, 0.4) is 0 Å². The van der Waals surface area contributed by atoms with Gasteiger partial charge < -0.3 is 15.2 Å². The highest BCUT2D eigenvalue weighted by molar-refractivity contribution is 5.39. The van der Waals surface area contributed by atoms with Gasteiger partial charge in [0.2, 0.25) is 0 Å². The summed E-state index contributed by atoms with van der Waals surface area (Å²) in [4.78, 5) is 2.43. The third-order valence-electron chi connectivity index (χ3n) is 3.60. The SMILES string of the molecule is CNCC1CCCN1Cc1ccc(OC)cc1O. The third kappa shape index (κ3) is 2.94. The second kappa shape index (κ2) is 6.07. The molecular weight excluding hydrogens is 228 g/mol. The van der Waals surface area contributed by atoms with E-state index >= 15 is 0 Å². The molecular formula is C14H22N2O2. The summed E-state index contributed by atoms with van der Waals surface area (Å²) in [5.74, 6) is 1.02. The standard InChI is InChI=1S/C14H22N2O2/c1-15-9-12-4-3-7-16(12)10-11-5-6-13(18-2)8-14(11)17/h5-6,8,12,15,17H,3-4,7,9-10H2,1-2H3. The van der Waals surface area contributed by atoms with Crippen LogP contribution in [0.15, 0.2) is 18.2 Å². The van der Waals surface area contributed by atoms with E-state index in [1.54, 1.807) is 13.2 Å². The zero-order chi connectivity index (χ0) is 13.0. The van der Waals surface area contributed by atoms with Gasteiger partial charge in [-0.15, -0.1) is 0 Å². The molecule has 0 radical (unpaired) electrons. The Morgan fingerprint density at radius 1 is 1.50 bits per heavy atom. The number of phenols is 1. The maximum Gasteiger partial charge on any atom is 0.123 e. The molecule has 1 atom stereocenters. The fourth-order valence-electron chi connectivity index (χ4n) is 2.59. The number of aromatic hydroxyl groups is 1. The Hall–Kier alpha value is -1.26. The molecule has 1 fully saturated rings. The van der Waals surface area contributed by atoms with Crippen LogP contribution in [0.5, 0.6) is 11.5 Å². The van der Waals surface area contributed by atoms with E-state index in [4.69, 9.17) is 4.74 Å². The van der Waals surface area contributed by atoms with E-state index in [0.29, 0.717) is 17.5 Å². The summed E-state index contributed by atoms with van der Waals surface area (Å²) < 4.78 is 5.10. The van der Waals surface area contributed by atoms with E-state index in [1.807, 2.05) is 19.2 Å². The zero-order valence-electron chi connectivity index (χ0n) is 11.1. The lowest BCUT2D eigenvalue weighted by Gasteiger charge is -2.24. The molecule has 0 bridgehead atoms. The summed E-state index contributed by atoms with van der Waals surface area (Å²) in [6.45, 7) is 2.93. The molecule has 1 heterocycles. The van der Waals surface area contributed by atoms with Crippen molar-refractivity contribution in [1.29, 1.82) is 0 Å². The van der Waals surface area contributed by atoms with Crippen LogP contribution in [0, 0.1) is 0 Å². The van der Waals surface area contributed by atoms with Gasteiger partial charge in [-0.3, -0.25) is 4.90 Å². The second-order valence-corrected chi connectivity index (χ2v) is 4.82. The van der Waals surface area contributed by atoms with Gasteiger partial charge in [0.15, 0.2) is 0 Å². The Bertz CT molecular complexity index is 395. The van der Waals surface area contributed by atoms with Gasteiger partial charge in [0.05, 0.1) is 7.11 Å². The number of phenolic OH excluding ortho intramolecular Hbond substituents is 1. The van der Waals surface area contributed by atoms with Gasteiger partial charge in [-0.05, 0) is 32.5 Å². The minimum atomic E-state index is 0.324. The van der Waals surface area contributed by atoms with E-state index in [1.165, 1.54) is 12.8 Å². The van der Waals surface area contributed by atoms with Crippen molar-refractivity contribution < 1.29 is 9.84 Å². The van der Waals surface area contributed by atoms with Crippen LogP contribution in [-0.2, 0) is 6.54 Å². The van der Waals surface area contributed by atoms with Gasteiger partial charge in [0.1, 0.15) is 11.5 Å². The maximum absolute atomic E-state index is 9.98. The largest absolute Gasteiger partial charge is 0.507 e. The predicted octanol–water partition coefficient (Wildman–Crippen LogP) is 1.58. The number of nitrogens with one attached hydrogen (secondary N) is 1. The number of benzene rings is 1. The molecule has 1 aliphatic rings. The highest BCUT2D eigenvalue weighted by atomic mass is 16.5. The number of nitrogens with zero attached hydrogens (tertiary/aromatic N) is 1. The van der Waals surface area contributed by atoms with E-state index in [9.17, 15) is 5.11 Å². The maximum atomic E-state index is 9.98. The number of ether oxygens (including phenoxy) is 1. The average Bonchev–Trinajstić information content (AvgIpc) is 2.80. The second-order valence-electron chi connectivity index (χ2n) is 4.82. The third-order valence-corrected chi connectivity index (χ3v) is 3.60. The van der Waals surface area contributed by atoms with Crippen molar-refractivity contribution >= 4 is 0 Å². The molecule has 18 heavy (non-hydrogen) atoms. The van der Waals surface area contributed by atoms with Crippen molar-refractivity contribution in [3.05, 3.63) is 23.8 Å². The number of likely N-dealkylation sites (tertiary alicyclic amines) is 1. The molecule has 1 aromatic rings. The van der Waals surface area contributed by atoms with E-state index in [0.717, 1.165) is 25.2 Å². The first-order valence-corrected chi connectivity index (χ1v) is 6.49. The molecule has 1 aliphatic heterocycles. The minimum absolute atomic E-state index is 0.324. The van der Waals surface area contributed by atoms with Gasteiger partial charge >= 0.3 is 0 Å². The summed E-state index contributed by atoms with van der Waals surface area (Å²) in [5.41, 5.74) is 0.971. The summed E-state index contributed by atoms with van der Waals surface area (Å²) in [6, 6.07) is 6.11. The van der Waals surface area contributed by atoms with Gasteiger partial charge in [-0.2, -0.15) is 0 Å². The van der Waals surface area contributed by atoms with E-state index in [-0.39, 0.29) is 0 Å². The first-order valence-electron chi connectivity index (χ1n) is 6.49. The van der Waals surface area contributed by atoms with Crippen molar-refractivity contribution in [2.45, 2.75) is 25.4 Å². The number of likely N-dealkylation sites (N-methyl/N-ethyl adjacent to an activating group) is 1. The molecule has 0 aromatic heterocycles. The summed E-state index contributed by atoms with van der Waals surface area (Å²) >= 11 is 0. The summed E-state index contributed by atoms with van der Waals surface area (Å²) in [5, 5.41) is 13.2. The van der Waals surface area contributed by atoms with Gasteiger partial charge in [-0.25, -0.2) is 0 Å². The van der Waals surface area contributed by atoms with Crippen LogP contribution in [0.4, 0.5) is 0 Å². The van der Waals surface area contributed by atoms with Gasteiger partial charge in [0.25, 0.3) is 0 Å². The molecule has 0 aliphatic carbocycles. The van der Waals surface area contributed by atoms with Crippen molar-refractivity contribution in [2.24, 2.45) is 0 Å². The highest BCUT2D eigenvalue weighted by Crippen LogP contribution is 2.27. The van der Waals surface area contributed by atoms with Crippen LogP contribution in [-0.4, -0.2) is 43.3 Å². The molecule has 0 saturated carbocycles. The Labute approximate surface area is 109 Å². The van der Waals surface area contributed by atoms with Crippen molar-refractivity contribution in [2.75, 3.05) is 27.2 Å². The van der Waals surface area contributed by atoms with Gasteiger partial charge in [-0.1, -0.05) is 6.07 Å². The number of hydrogen-bond acceptors (Lipinski definition) is 4. The average molecular weight is 250 g/mol. The topological polar surface area (TPSA) is 44.7 Å².